The Kier molecular flexibility index (Phi) is 6.11. The van der Waals surface area contributed by atoms with Crippen LogP contribution in [0, 0.1) is 13.8 Å². The number of carbonyl (C=O) groups is 1. The molecule has 0 aliphatic carbocycles. The molecular weight excluding hydrogens is 432 g/mol. The fourth-order valence-electron chi connectivity index (χ4n) is 4.17. The van der Waals surface area contributed by atoms with Gasteiger partial charge < -0.3 is 9.47 Å². The Morgan fingerprint density at radius 1 is 1.09 bits per heavy atom. The van der Waals surface area contributed by atoms with Gasteiger partial charge in [0.05, 0.1) is 22.9 Å². The Morgan fingerprint density at radius 2 is 1.85 bits per heavy atom. The number of thiazole rings is 1. The summed E-state index contributed by atoms with van der Waals surface area (Å²) in [6, 6.07) is 21.1. The predicted octanol–water partition coefficient (Wildman–Crippen LogP) is 6.53. The van der Waals surface area contributed by atoms with Gasteiger partial charge in [-0.25, -0.2) is 4.98 Å². The minimum Gasteiger partial charge on any atom is -0.457 e. The van der Waals surface area contributed by atoms with E-state index in [1.807, 2.05) is 54.6 Å². The van der Waals surface area contributed by atoms with Crippen molar-refractivity contribution in [3.05, 3.63) is 83.4 Å². The number of aromatic nitrogens is 1. The number of carbonyl (C=O) groups excluding carboxylic acids is 1. The Balaban J connectivity index is 1.43. The maximum atomic E-state index is 13.6. The Bertz CT molecular complexity index is 1260. The number of ether oxygens (including phenoxy) is 2. The SMILES string of the molecule is Cc1cc(C)c2sc(N(CC3CCCO3)C(=O)c3ccc(Oc4ccccc4)cc3)nc2c1. The number of aryl methyl sites for hydroxylation is 2. The van der Waals surface area contributed by atoms with Crippen molar-refractivity contribution in [3.8, 4) is 11.5 Å². The summed E-state index contributed by atoms with van der Waals surface area (Å²) >= 11 is 1.57. The highest BCUT2D eigenvalue weighted by molar-refractivity contribution is 7.22. The molecule has 168 valence electrons. The number of hydrogen-bond acceptors (Lipinski definition) is 5. The topological polar surface area (TPSA) is 51.7 Å². The normalized spacial score (nSPS) is 15.6. The van der Waals surface area contributed by atoms with Gasteiger partial charge in [0, 0.05) is 12.2 Å². The van der Waals surface area contributed by atoms with Crippen LogP contribution < -0.4 is 9.64 Å². The van der Waals surface area contributed by atoms with Crippen LogP contribution in [0.15, 0.2) is 66.7 Å². The molecule has 1 amide bonds. The highest BCUT2D eigenvalue weighted by Gasteiger charge is 2.27. The average Bonchev–Trinajstić information content (AvgIpc) is 3.48. The van der Waals surface area contributed by atoms with Crippen LogP contribution in [0.4, 0.5) is 5.13 Å². The van der Waals surface area contributed by atoms with Crippen LogP contribution in [-0.4, -0.2) is 30.1 Å². The van der Waals surface area contributed by atoms with E-state index >= 15 is 0 Å². The zero-order valence-electron chi connectivity index (χ0n) is 18.8. The third kappa shape index (κ3) is 4.77. The van der Waals surface area contributed by atoms with Crippen LogP contribution in [0.2, 0.25) is 0 Å². The summed E-state index contributed by atoms with van der Waals surface area (Å²) < 4.78 is 12.8. The molecule has 0 radical (unpaired) electrons. The van der Waals surface area contributed by atoms with E-state index < -0.39 is 0 Å². The molecule has 1 atom stereocenters. The Morgan fingerprint density at radius 3 is 2.58 bits per heavy atom. The monoisotopic (exact) mass is 458 g/mol. The minimum atomic E-state index is -0.0785. The first-order valence-electron chi connectivity index (χ1n) is 11.2. The number of amides is 1. The molecule has 1 unspecified atom stereocenters. The number of hydrogen-bond donors (Lipinski definition) is 0. The molecule has 1 aromatic heterocycles. The second kappa shape index (κ2) is 9.33. The van der Waals surface area contributed by atoms with Gasteiger partial charge >= 0.3 is 0 Å². The van der Waals surface area contributed by atoms with E-state index in [1.165, 1.54) is 11.1 Å². The van der Waals surface area contributed by atoms with E-state index in [0.717, 1.165) is 35.4 Å². The fraction of sp³-hybridized carbons (Fsp3) is 0.259. The van der Waals surface area contributed by atoms with Gasteiger partial charge in [-0.3, -0.25) is 9.69 Å². The standard InChI is InChI=1S/C27H26N2O3S/c1-18-15-19(2)25-24(16-18)28-27(33-25)29(17-23-9-6-14-31-23)26(30)20-10-12-22(13-11-20)32-21-7-4-3-5-8-21/h3-5,7-8,10-13,15-16,23H,6,9,14,17H2,1-2H3. The second-order valence-electron chi connectivity index (χ2n) is 8.42. The molecule has 1 saturated heterocycles. The molecule has 5 nitrogen and oxygen atoms in total. The zero-order valence-corrected chi connectivity index (χ0v) is 19.6. The van der Waals surface area contributed by atoms with Crippen molar-refractivity contribution in [2.24, 2.45) is 0 Å². The van der Waals surface area contributed by atoms with Crippen LogP contribution >= 0.6 is 11.3 Å². The molecular formula is C27H26N2O3S. The van der Waals surface area contributed by atoms with Crippen LogP contribution in [0.1, 0.15) is 34.3 Å². The van der Waals surface area contributed by atoms with E-state index in [9.17, 15) is 4.79 Å². The lowest BCUT2D eigenvalue weighted by Gasteiger charge is -2.23. The third-order valence-electron chi connectivity index (χ3n) is 5.78. The molecule has 33 heavy (non-hydrogen) atoms. The van der Waals surface area contributed by atoms with Crippen molar-refractivity contribution in [2.45, 2.75) is 32.8 Å². The number of para-hydroxylation sites is 1. The molecule has 3 aromatic carbocycles. The predicted molar refractivity (Wildman–Crippen MR) is 133 cm³/mol. The maximum Gasteiger partial charge on any atom is 0.260 e. The molecule has 1 fully saturated rings. The maximum absolute atomic E-state index is 13.6. The van der Waals surface area contributed by atoms with Crippen molar-refractivity contribution in [1.82, 2.24) is 4.98 Å². The van der Waals surface area contributed by atoms with E-state index in [4.69, 9.17) is 14.5 Å². The van der Waals surface area contributed by atoms with Gasteiger partial charge in [0.25, 0.3) is 5.91 Å². The van der Waals surface area contributed by atoms with Gasteiger partial charge in [-0.2, -0.15) is 0 Å². The van der Waals surface area contributed by atoms with Crippen LogP contribution in [0.3, 0.4) is 0 Å². The highest BCUT2D eigenvalue weighted by Crippen LogP contribution is 2.34. The number of nitrogens with zero attached hydrogens (tertiary/aromatic N) is 2. The molecule has 0 bridgehead atoms. The first-order chi connectivity index (χ1) is 16.1. The summed E-state index contributed by atoms with van der Waals surface area (Å²) in [5.74, 6) is 1.37. The average molecular weight is 459 g/mol. The van der Waals surface area contributed by atoms with Crippen LogP contribution in [0.25, 0.3) is 10.2 Å². The summed E-state index contributed by atoms with van der Waals surface area (Å²) in [6.07, 6.45) is 2.01. The molecule has 1 aliphatic heterocycles. The van der Waals surface area contributed by atoms with Gasteiger partial charge in [-0.1, -0.05) is 35.6 Å². The lowest BCUT2D eigenvalue weighted by atomic mass is 10.1. The van der Waals surface area contributed by atoms with Crippen LogP contribution in [-0.2, 0) is 4.74 Å². The van der Waals surface area contributed by atoms with Gasteiger partial charge in [0.15, 0.2) is 5.13 Å². The Hall–Kier alpha value is -3.22. The van der Waals surface area contributed by atoms with Crippen molar-refractivity contribution >= 4 is 32.6 Å². The smallest absolute Gasteiger partial charge is 0.260 e. The molecule has 6 heteroatoms. The van der Waals surface area contributed by atoms with E-state index in [-0.39, 0.29) is 12.0 Å². The first-order valence-corrected chi connectivity index (χ1v) is 12.0. The number of anilines is 1. The number of fused-ring (bicyclic) bond motifs is 1. The van der Waals surface area contributed by atoms with Gasteiger partial charge in [-0.15, -0.1) is 0 Å². The van der Waals surface area contributed by atoms with E-state index in [1.54, 1.807) is 16.2 Å². The summed E-state index contributed by atoms with van der Waals surface area (Å²) in [4.78, 5) is 20.2. The molecule has 4 aromatic rings. The zero-order chi connectivity index (χ0) is 22.8. The lowest BCUT2D eigenvalue weighted by Crippen LogP contribution is -2.37. The van der Waals surface area contributed by atoms with E-state index in [0.29, 0.717) is 23.0 Å². The number of benzene rings is 3. The van der Waals surface area contributed by atoms with E-state index in [2.05, 4.69) is 26.0 Å². The first kappa shape index (κ1) is 21.6. The number of rotatable bonds is 6. The largest absolute Gasteiger partial charge is 0.457 e. The van der Waals surface area contributed by atoms with Gasteiger partial charge in [0.2, 0.25) is 0 Å². The quantitative estimate of drug-likeness (QED) is 0.330. The molecule has 5 rings (SSSR count). The van der Waals surface area contributed by atoms with Gasteiger partial charge in [-0.05, 0) is 80.3 Å². The molecule has 0 N–H and O–H groups in total. The van der Waals surface area contributed by atoms with Crippen molar-refractivity contribution in [3.63, 3.8) is 0 Å². The lowest BCUT2D eigenvalue weighted by molar-refractivity contribution is 0.0917. The third-order valence-corrected chi connectivity index (χ3v) is 7.00. The van der Waals surface area contributed by atoms with Gasteiger partial charge in [0.1, 0.15) is 11.5 Å². The van der Waals surface area contributed by atoms with Crippen molar-refractivity contribution in [1.29, 1.82) is 0 Å². The highest BCUT2D eigenvalue weighted by atomic mass is 32.1. The van der Waals surface area contributed by atoms with Crippen LogP contribution in [0.5, 0.6) is 11.5 Å². The second-order valence-corrected chi connectivity index (χ2v) is 9.39. The summed E-state index contributed by atoms with van der Waals surface area (Å²) in [6.45, 7) is 5.41. The molecule has 0 spiro atoms. The summed E-state index contributed by atoms with van der Waals surface area (Å²) in [5, 5.41) is 0.712. The molecule has 2 heterocycles. The Labute approximate surface area is 197 Å². The summed E-state index contributed by atoms with van der Waals surface area (Å²) in [5.41, 5.74) is 3.88. The summed E-state index contributed by atoms with van der Waals surface area (Å²) in [7, 11) is 0. The fourth-order valence-corrected chi connectivity index (χ4v) is 5.19. The van der Waals surface area contributed by atoms with Crippen molar-refractivity contribution in [2.75, 3.05) is 18.1 Å². The molecule has 0 saturated carbocycles. The minimum absolute atomic E-state index is 0.0319. The molecule has 1 aliphatic rings. The van der Waals surface area contributed by atoms with Crippen molar-refractivity contribution < 1.29 is 14.3 Å².